The Bertz CT molecular complexity index is 681. The molecule has 4 heteroatoms. The number of ether oxygens (including phenoxy) is 1. The van der Waals surface area contributed by atoms with Crippen LogP contribution in [-0.4, -0.2) is 12.0 Å². The molecule has 1 aliphatic carbocycles. The van der Waals surface area contributed by atoms with Crippen LogP contribution in [-0.2, 0) is 11.2 Å². The van der Waals surface area contributed by atoms with Gasteiger partial charge in [0.15, 0.2) is 0 Å². The van der Waals surface area contributed by atoms with Crippen molar-refractivity contribution in [2.75, 3.05) is 5.32 Å². The number of amides is 1. The Hall–Kier alpha value is -2.36. The number of nitrogens with one attached hydrogen (secondary N) is 1. The zero-order valence-corrected chi connectivity index (χ0v) is 12.9. The molecule has 0 radical (unpaired) electrons. The van der Waals surface area contributed by atoms with Gasteiger partial charge in [0.25, 0.3) is 0 Å². The van der Waals surface area contributed by atoms with Crippen molar-refractivity contribution in [2.45, 2.75) is 38.2 Å². The van der Waals surface area contributed by atoms with Crippen molar-refractivity contribution in [3.8, 4) is 5.75 Å². The molecule has 3 rings (SSSR count). The molecule has 3 nitrogen and oxygen atoms in total. The fourth-order valence-electron chi connectivity index (χ4n) is 2.87. The van der Waals surface area contributed by atoms with Crippen molar-refractivity contribution in [1.82, 2.24) is 0 Å². The zero-order chi connectivity index (χ0) is 16.1. The van der Waals surface area contributed by atoms with Gasteiger partial charge in [-0.05, 0) is 49.4 Å². The van der Waals surface area contributed by atoms with Crippen LogP contribution in [0.25, 0.3) is 0 Å². The minimum Gasteiger partial charge on any atom is -0.490 e. The lowest BCUT2D eigenvalue weighted by Gasteiger charge is -2.14. The molecule has 0 aromatic heterocycles. The van der Waals surface area contributed by atoms with E-state index in [-0.39, 0.29) is 24.2 Å². The number of rotatable bonds is 5. The normalized spacial score (nSPS) is 14.7. The highest BCUT2D eigenvalue weighted by atomic mass is 19.1. The van der Waals surface area contributed by atoms with Crippen LogP contribution in [0.5, 0.6) is 5.75 Å². The number of benzene rings is 2. The maximum absolute atomic E-state index is 13.6. The van der Waals surface area contributed by atoms with Gasteiger partial charge in [-0.3, -0.25) is 4.79 Å². The van der Waals surface area contributed by atoms with Crippen LogP contribution >= 0.6 is 0 Å². The second-order valence-corrected chi connectivity index (χ2v) is 5.87. The van der Waals surface area contributed by atoms with Gasteiger partial charge in [-0.25, -0.2) is 4.39 Å². The van der Waals surface area contributed by atoms with E-state index in [2.05, 4.69) is 5.32 Å². The van der Waals surface area contributed by atoms with Gasteiger partial charge in [-0.2, -0.15) is 0 Å². The summed E-state index contributed by atoms with van der Waals surface area (Å²) in [5, 5.41) is 2.80. The summed E-state index contributed by atoms with van der Waals surface area (Å²) >= 11 is 0. The average Bonchev–Trinajstić information content (AvgIpc) is 3.03. The molecule has 0 saturated heterocycles. The van der Waals surface area contributed by atoms with Crippen LogP contribution in [0, 0.1) is 5.82 Å². The second-order valence-electron chi connectivity index (χ2n) is 5.87. The molecule has 0 bridgehead atoms. The lowest BCUT2D eigenvalue weighted by Crippen LogP contribution is -2.15. The van der Waals surface area contributed by atoms with Crippen molar-refractivity contribution in [1.29, 1.82) is 0 Å². The Morgan fingerprint density at radius 2 is 1.91 bits per heavy atom. The maximum atomic E-state index is 13.6. The number of hydrogen-bond acceptors (Lipinski definition) is 2. The Morgan fingerprint density at radius 3 is 2.70 bits per heavy atom. The summed E-state index contributed by atoms with van der Waals surface area (Å²) in [4.78, 5) is 12.1. The van der Waals surface area contributed by atoms with Crippen LogP contribution in [0.15, 0.2) is 48.5 Å². The number of hydrogen-bond donors (Lipinski definition) is 1. The van der Waals surface area contributed by atoms with Crippen molar-refractivity contribution >= 4 is 11.6 Å². The van der Waals surface area contributed by atoms with Crippen LogP contribution in [0.3, 0.4) is 0 Å². The van der Waals surface area contributed by atoms with E-state index in [9.17, 15) is 9.18 Å². The first kappa shape index (κ1) is 15.5. The molecule has 1 N–H and O–H groups in total. The first-order valence-corrected chi connectivity index (χ1v) is 8.01. The molecule has 1 saturated carbocycles. The minimum atomic E-state index is -0.360. The summed E-state index contributed by atoms with van der Waals surface area (Å²) in [6, 6.07) is 13.7. The van der Waals surface area contributed by atoms with Crippen LogP contribution in [0.4, 0.5) is 10.1 Å². The second kappa shape index (κ2) is 7.27. The Morgan fingerprint density at radius 1 is 1.13 bits per heavy atom. The minimum absolute atomic E-state index is 0.0143. The molecule has 0 spiro atoms. The molecular formula is C19H20FNO2. The molecule has 1 aliphatic rings. The molecule has 1 fully saturated rings. The molecule has 120 valence electrons. The summed E-state index contributed by atoms with van der Waals surface area (Å²) in [6.45, 7) is 0. The van der Waals surface area contributed by atoms with Gasteiger partial charge in [-0.1, -0.05) is 24.3 Å². The van der Waals surface area contributed by atoms with Gasteiger partial charge in [0.1, 0.15) is 11.6 Å². The highest BCUT2D eigenvalue weighted by Crippen LogP contribution is 2.25. The molecular weight excluding hydrogens is 293 g/mol. The van der Waals surface area contributed by atoms with Crippen molar-refractivity contribution in [3.05, 3.63) is 59.9 Å². The van der Waals surface area contributed by atoms with E-state index in [1.807, 2.05) is 18.2 Å². The van der Waals surface area contributed by atoms with Gasteiger partial charge in [0.2, 0.25) is 5.91 Å². The number of carbonyl (C=O) groups excluding carboxylic acids is 1. The van der Waals surface area contributed by atoms with Crippen LogP contribution in [0.1, 0.15) is 31.2 Å². The van der Waals surface area contributed by atoms with Crippen LogP contribution < -0.4 is 10.1 Å². The van der Waals surface area contributed by atoms with Gasteiger partial charge in [-0.15, -0.1) is 0 Å². The Labute approximate surface area is 135 Å². The highest BCUT2D eigenvalue weighted by molar-refractivity contribution is 5.92. The van der Waals surface area contributed by atoms with Gasteiger partial charge in [0, 0.05) is 11.8 Å². The largest absolute Gasteiger partial charge is 0.490 e. The summed E-state index contributed by atoms with van der Waals surface area (Å²) in [7, 11) is 0. The summed E-state index contributed by atoms with van der Waals surface area (Å²) in [6.07, 6.45) is 4.89. The van der Waals surface area contributed by atoms with Crippen molar-refractivity contribution in [3.63, 3.8) is 0 Å². The van der Waals surface area contributed by atoms with Gasteiger partial charge >= 0.3 is 0 Å². The zero-order valence-electron chi connectivity index (χ0n) is 12.9. The Kier molecular flexibility index (Phi) is 4.91. The summed E-state index contributed by atoms with van der Waals surface area (Å²) in [5.74, 6) is 0.162. The van der Waals surface area contributed by atoms with Gasteiger partial charge < -0.3 is 10.1 Å². The molecule has 0 atom stereocenters. The van der Waals surface area contributed by atoms with E-state index in [1.165, 1.54) is 18.9 Å². The summed E-state index contributed by atoms with van der Waals surface area (Å²) < 4.78 is 19.5. The molecule has 0 heterocycles. The van der Waals surface area contributed by atoms with E-state index < -0.39 is 0 Å². The first-order chi connectivity index (χ1) is 11.2. The van der Waals surface area contributed by atoms with Crippen LogP contribution in [0.2, 0.25) is 0 Å². The lowest BCUT2D eigenvalue weighted by atomic mass is 10.1. The topological polar surface area (TPSA) is 38.3 Å². The third-order valence-electron chi connectivity index (χ3n) is 4.03. The van der Waals surface area contributed by atoms with E-state index >= 15 is 0 Å². The van der Waals surface area contributed by atoms with Crippen molar-refractivity contribution in [2.24, 2.45) is 0 Å². The van der Waals surface area contributed by atoms with E-state index in [4.69, 9.17) is 4.74 Å². The molecule has 23 heavy (non-hydrogen) atoms. The monoisotopic (exact) mass is 313 g/mol. The molecule has 2 aromatic carbocycles. The first-order valence-electron chi connectivity index (χ1n) is 8.01. The SMILES string of the molecule is O=C(Cc1ccccc1F)Nc1cccc(OC2CCCC2)c1. The third kappa shape index (κ3) is 4.31. The highest BCUT2D eigenvalue weighted by Gasteiger charge is 2.16. The fraction of sp³-hybridized carbons (Fsp3) is 0.316. The molecule has 2 aromatic rings. The fourth-order valence-corrected chi connectivity index (χ4v) is 2.87. The number of anilines is 1. The average molecular weight is 313 g/mol. The number of carbonyl (C=O) groups is 1. The Balaban J connectivity index is 1.61. The molecule has 0 unspecified atom stereocenters. The predicted molar refractivity (Wildman–Crippen MR) is 88.1 cm³/mol. The predicted octanol–water partition coefficient (Wildman–Crippen LogP) is 4.33. The molecule has 0 aliphatic heterocycles. The lowest BCUT2D eigenvalue weighted by molar-refractivity contribution is -0.115. The van der Waals surface area contributed by atoms with Gasteiger partial charge in [0.05, 0.1) is 12.5 Å². The number of halogens is 1. The summed E-state index contributed by atoms with van der Waals surface area (Å²) in [5.41, 5.74) is 1.06. The molecule has 1 amide bonds. The quantitative estimate of drug-likeness (QED) is 0.892. The van der Waals surface area contributed by atoms with E-state index in [0.717, 1.165) is 18.6 Å². The van der Waals surface area contributed by atoms with Crippen molar-refractivity contribution < 1.29 is 13.9 Å². The van der Waals surface area contributed by atoms with E-state index in [0.29, 0.717) is 11.3 Å². The van der Waals surface area contributed by atoms with E-state index in [1.54, 1.807) is 24.3 Å². The smallest absolute Gasteiger partial charge is 0.228 e. The maximum Gasteiger partial charge on any atom is 0.228 e. The standard InChI is InChI=1S/C19H20FNO2/c20-18-11-4-1-6-14(18)12-19(22)21-15-7-5-10-17(13-15)23-16-8-2-3-9-16/h1,4-7,10-11,13,16H,2-3,8-9,12H2,(H,21,22). The third-order valence-corrected chi connectivity index (χ3v) is 4.03.